The van der Waals surface area contributed by atoms with Crippen molar-refractivity contribution >= 4 is 33.5 Å². The van der Waals surface area contributed by atoms with E-state index in [2.05, 4.69) is 30.9 Å². The molecule has 4 aromatic rings. The molecule has 0 saturated heterocycles. The Bertz CT molecular complexity index is 1240. The van der Waals surface area contributed by atoms with Gasteiger partial charge in [-0.3, -0.25) is 4.79 Å². The quantitative estimate of drug-likeness (QED) is 0.213. The summed E-state index contributed by atoms with van der Waals surface area (Å²) in [6, 6.07) is 18.2. The molecule has 3 aromatic carbocycles. The molecule has 0 aliphatic heterocycles. The normalized spacial score (nSPS) is 11.1. The summed E-state index contributed by atoms with van der Waals surface area (Å²) in [6.45, 7) is 8.86. The van der Waals surface area contributed by atoms with Crippen molar-refractivity contribution in [1.29, 1.82) is 0 Å². The Kier molecular flexibility index (Phi) is 7.13. The number of oxazole rings is 1. The number of carbonyl (C=O) groups is 1. The summed E-state index contributed by atoms with van der Waals surface area (Å²) in [4.78, 5) is 18.5. The average Bonchev–Trinajstić information content (AvgIpc) is 3.26. The van der Waals surface area contributed by atoms with Crippen molar-refractivity contribution < 1.29 is 18.7 Å². The van der Waals surface area contributed by atoms with Crippen LogP contribution in [0.3, 0.4) is 0 Å². The van der Waals surface area contributed by atoms with Gasteiger partial charge in [0.25, 0.3) is 0 Å². The molecule has 0 bridgehead atoms. The molecule has 0 atom stereocenters. The second-order valence-corrected chi connectivity index (χ2v) is 7.79. The number of benzene rings is 3. The van der Waals surface area contributed by atoms with Gasteiger partial charge >= 0.3 is 5.97 Å². The highest BCUT2D eigenvalue weighted by atomic mass is 16.5. The maximum atomic E-state index is 11.5. The van der Waals surface area contributed by atoms with Crippen LogP contribution >= 0.6 is 0 Å². The largest absolute Gasteiger partial charge is 0.494 e. The van der Waals surface area contributed by atoms with Crippen LogP contribution < -0.4 is 9.64 Å². The highest BCUT2D eigenvalue weighted by Gasteiger charge is 2.13. The van der Waals surface area contributed by atoms with Gasteiger partial charge in [-0.1, -0.05) is 12.1 Å². The first-order valence-corrected chi connectivity index (χ1v) is 11.6. The van der Waals surface area contributed by atoms with E-state index >= 15 is 0 Å². The van der Waals surface area contributed by atoms with Crippen molar-refractivity contribution in [2.75, 3.05) is 31.2 Å². The maximum absolute atomic E-state index is 11.5. The molecule has 1 aromatic heterocycles. The van der Waals surface area contributed by atoms with Crippen LogP contribution in [0, 0.1) is 0 Å². The summed E-state index contributed by atoms with van der Waals surface area (Å²) in [6.07, 6.45) is 0.981. The zero-order chi connectivity index (χ0) is 23.2. The van der Waals surface area contributed by atoms with E-state index in [1.807, 2.05) is 49.4 Å². The molecule has 0 unspecified atom stereocenters. The minimum absolute atomic E-state index is 0.188. The van der Waals surface area contributed by atoms with Crippen LogP contribution in [0.4, 0.5) is 5.69 Å². The summed E-state index contributed by atoms with van der Waals surface area (Å²) in [7, 11) is 0. The molecule has 0 N–H and O–H groups in total. The number of aromatic nitrogens is 1. The van der Waals surface area contributed by atoms with E-state index in [0.717, 1.165) is 52.0 Å². The van der Waals surface area contributed by atoms with E-state index in [9.17, 15) is 4.79 Å². The third kappa shape index (κ3) is 5.11. The Balaban J connectivity index is 1.54. The summed E-state index contributed by atoms with van der Waals surface area (Å²) >= 11 is 0. The van der Waals surface area contributed by atoms with Gasteiger partial charge in [0.2, 0.25) is 5.89 Å². The molecule has 0 amide bonds. The van der Waals surface area contributed by atoms with E-state index in [0.29, 0.717) is 31.9 Å². The zero-order valence-electron chi connectivity index (χ0n) is 19.5. The Morgan fingerprint density at radius 2 is 1.88 bits per heavy atom. The topological polar surface area (TPSA) is 64.8 Å². The fraction of sp³-hybridized carbons (Fsp3) is 0.333. The van der Waals surface area contributed by atoms with Crippen molar-refractivity contribution in [1.82, 2.24) is 4.98 Å². The van der Waals surface area contributed by atoms with Crippen molar-refractivity contribution in [3.63, 3.8) is 0 Å². The Morgan fingerprint density at radius 1 is 1.03 bits per heavy atom. The predicted molar refractivity (Wildman–Crippen MR) is 132 cm³/mol. The van der Waals surface area contributed by atoms with E-state index in [1.54, 1.807) is 0 Å². The van der Waals surface area contributed by atoms with Crippen LogP contribution in [0.2, 0.25) is 0 Å². The van der Waals surface area contributed by atoms with Gasteiger partial charge < -0.3 is 18.8 Å². The number of esters is 1. The van der Waals surface area contributed by atoms with Gasteiger partial charge in [0.1, 0.15) is 11.3 Å². The number of nitrogens with zero attached hydrogens (tertiary/aromatic N) is 2. The number of hydrogen-bond acceptors (Lipinski definition) is 6. The third-order valence-electron chi connectivity index (χ3n) is 5.68. The molecule has 4 rings (SSSR count). The van der Waals surface area contributed by atoms with Crippen LogP contribution in [0.25, 0.3) is 33.3 Å². The van der Waals surface area contributed by atoms with Crippen LogP contribution in [-0.4, -0.2) is 37.3 Å². The van der Waals surface area contributed by atoms with Gasteiger partial charge in [0.15, 0.2) is 5.58 Å². The first-order valence-electron chi connectivity index (χ1n) is 11.6. The molecule has 6 nitrogen and oxygen atoms in total. The Morgan fingerprint density at radius 3 is 2.67 bits per heavy atom. The van der Waals surface area contributed by atoms with Crippen molar-refractivity contribution in [3.8, 4) is 17.2 Å². The van der Waals surface area contributed by atoms with Crippen LogP contribution in [0.15, 0.2) is 59.0 Å². The number of anilines is 1. The average molecular weight is 447 g/mol. The van der Waals surface area contributed by atoms with Crippen molar-refractivity contribution in [2.45, 2.75) is 33.6 Å². The number of ether oxygens (including phenoxy) is 2. The van der Waals surface area contributed by atoms with E-state index in [1.165, 1.54) is 0 Å². The van der Waals surface area contributed by atoms with Gasteiger partial charge in [0, 0.05) is 36.8 Å². The highest BCUT2D eigenvalue weighted by Crippen LogP contribution is 2.33. The van der Waals surface area contributed by atoms with E-state index in [-0.39, 0.29) is 5.97 Å². The lowest BCUT2D eigenvalue weighted by Crippen LogP contribution is -2.21. The fourth-order valence-electron chi connectivity index (χ4n) is 3.99. The van der Waals surface area contributed by atoms with E-state index < -0.39 is 0 Å². The minimum Gasteiger partial charge on any atom is -0.494 e. The molecule has 0 aliphatic rings. The third-order valence-corrected chi connectivity index (χ3v) is 5.68. The Labute approximate surface area is 194 Å². The first-order chi connectivity index (χ1) is 16.1. The van der Waals surface area contributed by atoms with E-state index in [4.69, 9.17) is 18.9 Å². The summed E-state index contributed by atoms with van der Waals surface area (Å²) in [5.74, 6) is 1.19. The molecule has 33 heavy (non-hydrogen) atoms. The van der Waals surface area contributed by atoms with Gasteiger partial charge in [0.05, 0.1) is 13.2 Å². The molecule has 0 saturated carbocycles. The lowest BCUT2D eigenvalue weighted by Gasteiger charge is -2.20. The van der Waals surface area contributed by atoms with Gasteiger partial charge in [-0.2, -0.15) is 0 Å². The van der Waals surface area contributed by atoms with Gasteiger partial charge in [-0.15, -0.1) is 0 Å². The summed E-state index contributed by atoms with van der Waals surface area (Å²) in [5.41, 5.74) is 3.72. The lowest BCUT2D eigenvalue weighted by molar-refractivity contribution is -0.143. The van der Waals surface area contributed by atoms with Crippen molar-refractivity contribution in [3.05, 3.63) is 54.6 Å². The molecule has 0 aliphatic carbocycles. The fourth-order valence-corrected chi connectivity index (χ4v) is 3.99. The molecule has 1 heterocycles. The second kappa shape index (κ2) is 10.4. The smallest absolute Gasteiger partial charge is 0.305 e. The zero-order valence-corrected chi connectivity index (χ0v) is 19.5. The number of hydrogen-bond donors (Lipinski definition) is 0. The highest BCUT2D eigenvalue weighted by molar-refractivity contribution is 5.96. The minimum atomic E-state index is -0.188. The lowest BCUT2D eigenvalue weighted by atomic mass is 10.0. The van der Waals surface area contributed by atoms with Crippen LogP contribution in [-0.2, 0) is 9.53 Å². The molecule has 6 heteroatoms. The maximum Gasteiger partial charge on any atom is 0.305 e. The number of fused-ring (bicyclic) bond motifs is 2. The first kappa shape index (κ1) is 22.6. The predicted octanol–water partition coefficient (Wildman–Crippen LogP) is 6.22. The number of rotatable bonds is 10. The molecular formula is C27H30N2O4. The molecule has 0 fully saturated rings. The monoisotopic (exact) mass is 446 g/mol. The van der Waals surface area contributed by atoms with Gasteiger partial charge in [-0.25, -0.2) is 4.98 Å². The molecule has 0 spiro atoms. The standard InChI is InChI=1S/C27H30N2O4/c1-4-29(5-2)20-12-15-24-25(18-20)33-27(28-24)23-10-7-9-19-17-21(13-14-22(19)23)32-16-8-11-26(30)31-6-3/h7,9-10,12-15,17-18H,4-6,8,11,16H2,1-3H3. The molecular weight excluding hydrogens is 416 g/mol. The summed E-state index contributed by atoms with van der Waals surface area (Å²) in [5, 5.41) is 2.09. The van der Waals surface area contributed by atoms with Crippen LogP contribution in [0.5, 0.6) is 5.75 Å². The molecule has 172 valence electrons. The SMILES string of the molecule is CCOC(=O)CCCOc1ccc2c(-c3nc4ccc(N(CC)CC)cc4o3)cccc2c1. The van der Waals surface area contributed by atoms with Gasteiger partial charge in [-0.05, 0) is 74.4 Å². The second-order valence-electron chi connectivity index (χ2n) is 7.79. The Hall–Kier alpha value is -3.54. The molecule has 0 radical (unpaired) electrons. The van der Waals surface area contributed by atoms with Crippen molar-refractivity contribution in [2.24, 2.45) is 0 Å². The number of carbonyl (C=O) groups excluding carboxylic acids is 1. The van der Waals surface area contributed by atoms with Crippen LogP contribution in [0.1, 0.15) is 33.6 Å². The summed E-state index contributed by atoms with van der Waals surface area (Å²) < 4.78 is 17.0.